The van der Waals surface area contributed by atoms with Crippen molar-refractivity contribution in [1.29, 1.82) is 5.26 Å². The molecule has 0 unspecified atom stereocenters. The van der Waals surface area contributed by atoms with Crippen LogP contribution >= 0.6 is 0 Å². The van der Waals surface area contributed by atoms with Gasteiger partial charge >= 0.3 is 0 Å². The third-order valence-electron chi connectivity index (χ3n) is 5.99. The van der Waals surface area contributed by atoms with Crippen LogP contribution in [0.5, 0.6) is 5.75 Å². The lowest BCUT2D eigenvalue weighted by atomic mass is 9.91. The molecule has 5 nitrogen and oxygen atoms in total. The van der Waals surface area contributed by atoms with Crippen molar-refractivity contribution in [2.24, 2.45) is 0 Å². The second kappa shape index (κ2) is 9.18. The highest BCUT2D eigenvalue weighted by Crippen LogP contribution is 2.40. The molecule has 4 rings (SSSR count). The smallest absolute Gasteiger partial charge is 0.137 e. The van der Waals surface area contributed by atoms with Gasteiger partial charge < -0.3 is 19.7 Å². The first-order valence-corrected chi connectivity index (χ1v) is 10.8. The number of rotatable bonds is 7. The summed E-state index contributed by atoms with van der Waals surface area (Å²) in [6.07, 6.45) is 2.83. The molecule has 158 valence electrons. The molecule has 0 amide bonds. The fourth-order valence-electron chi connectivity index (χ4n) is 4.29. The summed E-state index contributed by atoms with van der Waals surface area (Å²) >= 11 is 0. The minimum Gasteiger partial charge on any atom is -0.492 e. The van der Waals surface area contributed by atoms with Crippen molar-refractivity contribution in [3.05, 3.63) is 64.2 Å². The minimum atomic E-state index is -0.523. The number of hydrogen-bond acceptors (Lipinski definition) is 5. The monoisotopic (exact) mass is 407 g/mol. The highest BCUT2D eigenvalue weighted by Gasteiger charge is 2.30. The standard InChI is InChI=1S/C25H29NO4/c1-2-29-25-11-20(24-13-21(28)12-22(15-27)30-24)10-19(23(25)14-26)9-16-3-5-17(6-4-16)18-7-8-18/h3-6,10-11,18,21-22,24,27-28H,2,7-9,12-13,15H2,1H3/t21-,22-,24+/m0/s1. The lowest BCUT2D eigenvalue weighted by molar-refractivity contribution is -0.113. The van der Waals surface area contributed by atoms with E-state index in [0.717, 1.165) is 22.6 Å². The molecule has 1 saturated heterocycles. The SMILES string of the molecule is CCOc1cc([C@H]2C[C@@H](O)C[C@@H](CO)O2)cc(Cc2ccc(C3CC3)cc2)c1C#N. The van der Waals surface area contributed by atoms with Gasteiger partial charge in [-0.1, -0.05) is 30.3 Å². The van der Waals surface area contributed by atoms with Crippen molar-refractivity contribution in [1.82, 2.24) is 0 Å². The number of benzene rings is 2. The fraction of sp³-hybridized carbons (Fsp3) is 0.480. The Morgan fingerprint density at radius 3 is 2.53 bits per heavy atom. The van der Waals surface area contributed by atoms with E-state index in [4.69, 9.17) is 9.47 Å². The molecule has 2 fully saturated rings. The van der Waals surface area contributed by atoms with Gasteiger partial charge in [0.05, 0.1) is 37.1 Å². The van der Waals surface area contributed by atoms with E-state index in [1.165, 1.54) is 18.4 Å². The predicted octanol–water partition coefficient (Wildman–Crippen LogP) is 4.00. The fourth-order valence-corrected chi connectivity index (χ4v) is 4.29. The average molecular weight is 408 g/mol. The van der Waals surface area contributed by atoms with Crippen LogP contribution in [-0.2, 0) is 11.2 Å². The molecule has 5 heteroatoms. The molecule has 0 radical (unpaired) electrons. The van der Waals surface area contributed by atoms with Crippen molar-refractivity contribution < 1.29 is 19.7 Å². The van der Waals surface area contributed by atoms with Gasteiger partial charge in [-0.15, -0.1) is 0 Å². The van der Waals surface area contributed by atoms with Crippen molar-refractivity contribution >= 4 is 0 Å². The molecule has 0 aromatic heterocycles. The number of ether oxygens (including phenoxy) is 2. The molecule has 2 aromatic rings. The van der Waals surface area contributed by atoms with E-state index in [-0.39, 0.29) is 18.8 Å². The van der Waals surface area contributed by atoms with E-state index in [9.17, 15) is 15.5 Å². The quantitative estimate of drug-likeness (QED) is 0.725. The molecule has 2 N–H and O–H groups in total. The van der Waals surface area contributed by atoms with Gasteiger partial charge in [0.15, 0.2) is 0 Å². The summed E-state index contributed by atoms with van der Waals surface area (Å²) in [7, 11) is 0. The summed E-state index contributed by atoms with van der Waals surface area (Å²) in [5.41, 5.74) is 4.85. The Morgan fingerprint density at radius 2 is 1.90 bits per heavy atom. The Balaban J connectivity index is 1.66. The Morgan fingerprint density at radius 1 is 1.13 bits per heavy atom. The van der Waals surface area contributed by atoms with Crippen LogP contribution < -0.4 is 4.74 Å². The van der Waals surface area contributed by atoms with Crippen molar-refractivity contribution in [2.45, 2.75) is 63.3 Å². The van der Waals surface area contributed by atoms with Crippen LogP contribution in [0.2, 0.25) is 0 Å². The molecular weight excluding hydrogens is 378 g/mol. The van der Waals surface area contributed by atoms with Crippen LogP contribution in [0.1, 0.15) is 72.4 Å². The van der Waals surface area contributed by atoms with Crippen LogP contribution in [-0.4, -0.2) is 35.6 Å². The Hall–Kier alpha value is -2.39. The summed E-state index contributed by atoms with van der Waals surface area (Å²) in [4.78, 5) is 0. The second-order valence-corrected chi connectivity index (χ2v) is 8.35. The summed E-state index contributed by atoms with van der Waals surface area (Å²) in [5, 5.41) is 29.5. The zero-order valence-electron chi connectivity index (χ0n) is 17.4. The van der Waals surface area contributed by atoms with Gasteiger partial charge in [-0.05, 0) is 60.4 Å². The van der Waals surface area contributed by atoms with Gasteiger partial charge in [-0.25, -0.2) is 0 Å². The van der Waals surface area contributed by atoms with E-state index in [1.54, 1.807) is 0 Å². The molecule has 1 heterocycles. The van der Waals surface area contributed by atoms with E-state index in [1.807, 2.05) is 19.1 Å². The molecule has 1 aliphatic heterocycles. The third-order valence-corrected chi connectivity index (χ3v) is 5.99. The lowest BCUT2D eigenvalue weighted by Crippen LogP contribution is -2.33. The van der Waals surface area contributed by atoms with Crippen LogP contribution in [0.25, 0.3) is 0 Å². The topological polar surface area (TPSA) is 82.7 Å². The Labute approximate surface area is 177 Å². The normalized spacial score (nSPS) is 23.7. The zero-order valence-corrected chi connectivity index (χ0v) is 17.4. The first kappa shape index (κ1) is 20.9. The number of hydrogen-bond donors (Lipinski definition) is 2. The van der Waals surface area contributed by atoms with Gasteiger partial charge in [0.1, 0.15) is 11.8 Å². The first-order valence-electron chi connectivity index (χ1n) is 10.8. The second-order valence-electron chi connectivity index (χ2n) is 8.35. The minimum absolute atomic E-state index is 0.123. The van der Waals surface area contributed by atoms with Gasteiger partial charge in [-0.2, -0.15) is 5.26 Å². The Bertz CT molecular complexity index is 914. The molecule has 3 atom stereocenters. The van der Waals surface area contributed by atoms with Crippen LogP contribution in [0.15, 0.2) is 36.4 Å². The van der Waals surface area contributed by atoms with Gasteiger partial charge in [0.2, 0.25) is 0 Å². The van der Waals surface area contributed by atoms with Gasteiger partial charge in [0.25, 0.3) is 0 Å². The van der Waals surface area contributed by atoms with Crippen molar-refractivity contribution in [2.75, 3.05) is 13.2 Å². The van der Waals surface area contributed by atoms with E-state index >= 15 is 0 Å². The number of aliphatic hydroxyl groups is 2. The molecule has 0 bridgehead atoms. The molecule has 0 spiro atoms. The zero-order chi connectivity index (χ0) is 21.1. The molecule has 1 aliphatic carbocycles. The maximum absolute atomic E-state index is 10.2. The molecular formula is C25H29NO4. The van der Waals surface area contributed by atoms with E-state index in [0.29, 0.717) is 37.2 Å². The summed E-state index contributed by atoms with van der Waals surface area (Å²) < 4.78 is 11.8. The molecule has 1 saturated carbocycles. The highest BCUT2D eigenvalue weighted by atomic mass is 16.5. The maximum Gasteiger partial charge on any atom is 0.137 e. The Kier molecular flexibility index (Phi) is 6.38. The predicted molar refractivity (Wildman–Crippen MR) is 113 cm³/mol. The molecule has 30 heavy (non-hydrogen) atoms. The van der Waals surface area contributed by atoms with Crippen molar-refractivity contribution in [3.63, 3.8) is 0 Å². The van der Waals surface area contributed by atoms with Gasteiger partial charge in [0, 0.05) is 12.8 Å². The number of nitriles is 1. The lowest BCUT2D eigenvalue weighted by Gasteiger charge is -2.33. The van der Waals surface area contributed by atoms with Crippen LogP contribution in [0.3, 0.4) is 0 Å². The first-order chi connectivity index (χ1) is 14.6. The summed E-state index contributed by atoms with van der Waals surface area (Å²) in [6.45, 7) is 2.23. The number of aliphatic hydroxyl groups excluding tert-OH is 2. The average Bonchev–Trinajstić information content (AvgIpc) is 3.59. The summed E-state index contributed by atoms with van der Waals surface area (Å²) in [5.74, 6) is 1.27. The van der Waals surface area contributed by atoms with Crippen LogP contribution in [0.4, 0.5) is 0 Å². The molecule has 2 aliphatic rings. The number of nitrogens with zero attached hydrogens (tertiary/aromatic N) is 1. The summed E-state index contributed by atoms with van der Waals surface area (Å²) in [6, 6.07) is 14.8. The van der Waals surface area contributed by atoms with E-state index in [2.05, 4.69) is 30.3 Å². The molecule has 2 aromatic carbocycles. The third kappa shape index (κ3) is 4.67. The highest BCUT2D eigenvalue weighted by molar-refractivity contribution is 5.53. The maximum atomic E-state index is 10.2. The van der Waals surface area contributed by atoms with Crippen LogP contribution in [0, 0.1) is 11.3 Å². The largest absolute Gasteiger partial charge is 0.492 e. The van der Waals surface area contributed by atoms with Crippen molar-refractivity contribution in [3.8, 4) is 11.8 Å². The van der Waals surface area contributed by atoms with Gasteiger partial charge in [-0.3, -0.25) is 0 Å². The van der Waals surface area contributed by atoms with E-state index < -0.39 is 6.10 Å².